The molecule has 1 aromatic carbocycles. The van der Waals surface area contributed by atoms with Crippen molar-refractivity contribution < 1.29 is 8.85 Å². The van der Waals surface area contributed by atoms with E-state index in [4.69, 9.17) is 8.85 Å². The second kappa shape index (κ2) is 11.3. The SMILES string of the molecule is Cc1sc(-c2ccc(N(CCO[Si](C)(C)C(C)(C)C)CCO[Si](C)(C)C(C)(C)C)cc2)cc1Br. The average Bonchev–Trinajstić information content (AvgIpc) is 3.03. The van der Waals surface area contributed by atoms with Gasteiger partial charge in [-0.05, 0) is 82.9 Å². The van der Waals surface area contributed by atoms with Crippen LogP contribution >= 0.6 is 27.3 Å². The number of hydrogen-bond acceptors (Lipinski definition) is 4. The quantitative estimate of drug-likeness (QED) is 0.260. The Morgan fingerprint density at radius 3 is 1.62 bits per heavy atom. The fourth-order valence-electron chi connectivity index (χ4n) is 3.06. The average molecular weight is 585 g/mol. The Morgan fingerprint density at radius 1 is 0.824 bits per heavy atom. The minimum absolute atomic E-state index is 0.220. The first-order valence-corrected chi connectivity index (χ1v) is 19.8. The first kappa shape index (κ1) is 29.8. The van der Waals surface area contributed by atoms with Gasteiger partial charge in [0.15, 0.2) is 16.6 Å². The normalized spacial score (nSPS) is 13.4. The highest BCUT2D eigenvalue weighted by molar-refractivity contribution is 9.10. The number of aryl methyl sites for hydroxylation is 1. The maximum atomic E-state index is 6.52. The topological polar surface area (TPSA) is 21.7 Å². The molecule has 3 nitrogen and oxygen atoms in total. The molecule has 0 aliphatic carbocycles. The van der Waals surface area contributed by atoms with Crippen molar-refractivity contribution in [2.45, 2.75) is 84.7 Å². The highest BCUT2D eigenvalue weighted by atomic mass is 79.9. The number of anilines is 1. The van der Waals surface area contributed by atoms with Crippen molar-refractivity contribution in [3.05, 3.63) is 39.7 Å². The summed E-state index contributed by atoms with van der Waals surface area (Å²) in [5.41, 5.74) is 2.49. The molecule has 0 bridgehead atoms. The first-order valence-electron chi connectivity index (χ1n) is 12.3. The molecule has 0 unspecified atom stereocenters. The standard InChI is InChI=1S/C27H46BrNO2SSi2/c1-21-24(28)20-25(32-21)22-12-14-23(15-13-22)29(16-18-30-33(8,9)26(2,3)4)17-19-31-34(10,11)27(5,6)7/h12-15,20H,16-19H2,1-11H3. The molecule has 0 aliphatic rings. The summed E-state index contributed by atoms with van der Waals surface area (Å²) in [6, 6.07) is 11.2. The Hall–Kier alpha value is -0.446. The van der Waals surface area contributed by atoms with Crippen LogP contribution in [0.4, 0.5) is 5.69 Å². The van der Waals surface area contributed by atoms with Gasteiger partial charge in [-0.2, -0.15) is 0 Å². The molecule has 192 valence electrons. The van der Waals surface area contributed by atoms with Gasteiger partial charge in [-0.1, -0.05) is 53.7 Å². The molecule has 7 heteroatoms. The molecule has 0 aliphatic heterocycles. The summed E-state index contributed by atoms with van der Waals surface area (Å²) in [6.07, 6.45) is 0. The van der Waals surface area contributed by atoms with Gasteiger partial charge in [-0.15, -0.1) is 11.3 Å². The molecule has 2 aromatic rings. The van der Waals surface area contributed by atoms with E-state index in [-0.39, 0.29) is 10.1 Å². The Bertz CT molecular complexity index is 876. The van der Waals surface area contributed by atoms with Gasteiger partial charge >= 0.3 is 0 Å². The Kier molecular flexibility index (Phi) is 9.90. The van der Waals surface area contributed by atoms with Gasteiger partial charge in [0, 0.05) is 33.0 Å². The van der Waals surface area contributed by atoms with E-state index < -0.39 is 16.6 Å². The van der Waals surface area contributed by atoms with Crippen molar-refractivity contribution in [2.24, 2.45) is 0 Å². The van der Waals surface area contributed by atoms with Gasteiger partial charge in [0.1, 0.15) is 0 Å². The van der Waals surface area contributed by atoms with Crippen LogP contribution in [0.2, 0.25) is 36.3 Å². The van der Waals surface area contributed by atoms with Crippen molar-refractivity contribution in [1.82, 2.24) is 0 Å². The Labute approximate surface area is 223 Å². The summed E-state index contributed by atoms with van der Waals surface area (Å²) in [5.74, 6) is 0. The minimum Gasteiger partial charge on any atom is -0.415 e. The second-order valence-corrected chi connectivity index (χ2v) is 24.0. The predicted molar refractivity (Wildman–Crippen MR) is 161 cm³/mol. The summed E-state index contributed by atoms with van der Waals surface area (Å²) in [6.45, 7) is 28.5. The lowest BCUT2D eigenvalue weighted by atomic mass is 10.1. The third-order valence-electron chi connectivity index (χ3n) is 7.63. The van der Waals surface area contributed by atoms with Crippen LogP contribution in [0.15, 0.2) is 34.8 Å². The van der Waals surface area contributed by atoms with E-state index in [9.17, 15) is 0 Å². The van der Waals surface area contributed by atoms with Gasteiger partial charge in [0.2, 0.25) is 0 Å². The second-order valence-electron chi connectivity index (χ2n) is 12.3. The van der Waals surface area contributed by atoms with Crippen LogP contribution in [0.5, 0.6) is 0 Å². The Morgan fingerprint density at radius 2 is 1.26 bits per heavy atom. The van der Waals surface area contributed by atoms with Crippen molar-refractivity contribution in [3.63, 3.8) is 0 Å². The molecule has 0 atom stereocenters. The monoisotopic (exact) mass is 583 g/mol. The molecular formula is C27H46BrNO2SSi2. The molecular weight excluding hydrogens is 538 g/mol. The van der Waals surface area contributed by atoms with Crippen LogP contribution in [0.3, 0.4) is 0 Å². The number of rotatable bonds is 10. The van der Waals surface area contributed by atoms with Crippen LogP contribution < -0.4 is 4.90 Å². The lowest BCUT2D eigenvalue weighted by Crippen LogP contribution is -2.44. The zero-order valence-electron chi connectivity index (χ0n) is 23.3. The third-order valence-corrected chi connectivity index (χ3v) is 18.9. The molecule has 1 aromatic heterocycles. The summed E-state index contributed by atoms with van der Waals surface area (Å²) in [7, 11) is -3.54. The fraction of sp³-hybridized carbons (Fsp3) is 0.630. The molecule has 0 saturated carbocycles. The lowest BCUT2D eigenvalue weighted by molar-refractivity contribution is 0.276. The van der Waals surface area contributed by atoms with Crippen LogP contribution in [-0.2, 0) is 8.85 Å². The fourth-order valence-corrected chi connectivity index (χ4v) is 6.67. The van der Waals surface area contributed by atoms with Crippen LogP contribution in [-0.4, -0.2) is 42.9 Å². The van der Waals surface area contributed by atoms with E-state index in [1.807, 2.05) is 11.3 Å². The molecule has 0 radical (unpaired) electrons. The summed E-state index contributed by atoms with van der Waals surface area (Å²) in [5, 5.41) is 0.441. The van der Waals surface area contributed by atoms with Gasteiger partial charge in [-0.25, -0.2) is 0 Å². The van der Waals surface area contributed by atoms with Gasteiger partial charge < -0.3 is 13.8 Å². The van der Waals surface area contributed by atoms with E-state index in [2.05, 4.69) is 126 Å². The van der Waals surface area contributed by atoms with Crippen LogP contribution in [0.25, 0.3) is 10.4 Å². The summed E-state index contributed by atoms with van der Waals surface area (Å²) < 4.78 is 14.2. The smallest absolute Gasteiger partial charge is 0.192 e. The van der Waals surface area contributed by atoms with E-state index >= 15 is 0 Å². The number of thiophene rings is 1. The molecule has 2 rings (SSSR count). The maximum Gasteiger partial charge on any atom is 0.192 e. The van der Waals surface area contributed by atoms with Gasteiger partial charge in [0.25, 0.3) is 0 Å². The van der Waals surface area contributed by atoms with Gasteiger partial charge in [0.05, 0.1) is 13.2 Å². The van der Waals surface area contributed by atoms with Crippen molar-refractivity contribution in [1.29, 1.82) is 0 Å². The molecule has 0 N–H and O–H groups in total. The van der Waals surface area contributed by atoms with Crippen LogP contribution in [0, 0.1) is 6.92 Å². The van der Waals surface area contributed by atoms with Crippen molar-refractivity contribution >= 4 is 49.6 Å². The van der Waals surface area contributed by atoms with Crippen molar-refractivity contribution in [3.8, 4) is 10.4 Å². The Balaban J connectivity index is 2.15. The minimum atomic E-state index is -1.77. The molecule has 0 saturated heterocycles. The molecule has 1 heterocycles. The molecule has 0 spiro atoms. The third kappa shape index (κ3) is 7.77. The van der Waals surface area contributed by atoms with Crippen molar-refractivity contribution in [2.75, 3.05) is 31.2 Å². The van der Waals surface area contributed by atoms with Crippen LogP contribution in [0.1, 0.15) is 46.4 Å². The van der Waals surface area contributed by atoms with Gasteiger partial charge in [-0.3, -0.25) is 0 Å². The number of halogens is 1. The predicted octanol–water partition coefficient (Wildman–Crippen LogP) is 9.34. The molecule has 34 heavy (non-hydrogen) atoms. The highest BCUT2D eigenvalue weighted by Crippen LogP contribution is 2.38. The lowest BCUT2D eigenvalue weighted by Gasteiger charge is -2.38. The number of nitrogens with zero attached hydrogens (tertiary/aromatic N) is 1. The largest absolute Gasteiger partial charge is 0.415 e. The maximum absolute atomic E-state index is 6.52. The number of benzene rings is 1. The van der Waals surface area contributed by atoms with E-state index in [0.29, 0.717) is 0 Å². The summed E-state index contributed by atoms with van der Waals surface area (Å²) >= 11 is 5.48. The zero-order chi connectivity index (χ0) is 25.9. The zero-order valence-corrected chi connectivity index (χ0v) is 27.7. The first-order chi connectivity index (χ1) is 15.4. The molecule has 0 fully saturated rings. The molecule has 0 amide bonds. The number of hydrogen-bond donors (Lipinski definition) is 0. The van der Waals surface area contributed by atoms with E-state index in [0.717, 1.165) is 26.3 Å². The van der Waals surface area contributed by atoms with E-state index in [1.54, 1.807) is 0 Å². The van der Waals surface area contributed by atoms with E-state index in [1.165, 1.54) is 25.5 Å². The summed E-state index contributed by atoms with van der Waals surface area (Å²) in [4.78, 5) is 5.04. The highest BCUT2D eigenvalue weighted by Gasteiger charge is 2.38.